The van der Waals surface area contributed by atoms with Gasteiger partial charge in [0.1, 0.15) is 0 Å². The lowest BCUT2D eigenvalue weighted by atomic mass is 9.80. The maximum atomic E-state index is 5.62. The largest absolute Gasteiger partial charge is 0.379 e. The fourth-order valence-corrected chi connectivity index (χ4v) is 5.39. The average Bonchev–Trinajstić information content (AvgIpc) is 2.81. The molecule has 1 saturated carbocycles. The highest BCUT2D eigenvalue weighted by molar-refractivity contribution is 14.0. The Hall–Kier alpha value is -0.160. The topological polar surface area (TPSA) is 55.4 Å². The third-order valence-corrected chi connectivity index (χ3v) is 7.37. The molecule has 0 radical (unpaired) electrons. The Labute approximate surface area is 207 Å². The van der Waals surface area contributed by atoms with Gasteiger partial charge >= 0.3 is 0 Å². The van der Waals surface area contributed by atoms with Gasteiger partial charge in [0.05, 0.1) is 13.2 Å². The Morgan fingerprint density at radius 3 is 2.23 bits per heavy atom. The zero-order valence-corrected chi connectivity index (χ0v) is 22.5. The van der Waals surface area contributed by atoms with Crippen molar-refractivity contribution in [1.29, 1.82) is 0 Å². The van der Waals surface area contributed by atoms with E-state index in [-0.39, 0.29) is 29.5 Å². The van der Waals surface area contributed by atoms with Gasteiger partial charge in [-0.05, 0) is 25.3 Å². The van der Waals surface area contributed by atoms with Crippen molar-refractivity contribution in [3.05, 3.63) is 0 Å². The molecule has 1 aliphatic carbocycles. The van der Waals surface area contributed by atoms with E-state index in [1.165, 1.54) is 71.4 Å². The molecule has 1 unspecified atom stereocenters. The van der Waals surface area contributed by atoms with Crippen LogP contribution in [0.4, 0.5) is 0 Å². The maximum Gasteiger partial charge on any atom is 0.191 e. The summed E-state index contributed by atoms with van der Waals surface area (Å²) in [6.45, 7) is 17.6. The highest BCUT2D eigenvalue weighted by Crippen LogP contribution is 2.33. The van der Waals surface area contributed by atoms with Gasteiger partial charge in [-0.25, -0.2) is 0 Å². The first-order chi connectivity index (χ1) is 14.6. The number of halogens is 1. The Balaban J connectivity index is 0.00000341. The molecule has 0 amide bonds. The van der Waals surface area contributed by atoms with Crippen LogP contribution in [0, 0.1) is 5.92 Å². The van der Waals surface area contributed by atoms with Crippen LogP contribution in [0.1, 0.15) is 46.0 Å². The van der Waals surface area contributed by atoms with E-state index in [0.29, 0.717) is 5.92 Å². The van der Waals surface area contributed by atoms with E-state index in [2.05, 4.69) is 44.2 Å². The first-order valence-electron chi connectivity index (χ1n) is 12.4. The molecule has 8 heteroatoms. The summed E-state index contributed by atoms with van der Waals surface area (Å²) in [6.07, 6.45) is 6.64. The van der Waals surface area contributed by atoms with E-state index in [4.69, 9.17) is 4.74 Å². The number of hydrogen-bond donors (Lipinski definition) is 2. The second-order valence-electron chi connectivity index (χ2n) is 9.53. The molecule has 31 heavy (non-hydrogen) atoms. The molecule has 0 aromatic carbocycles. The van der Waals surface area contributed by atoms with Crippen molar-refractivity contribution in [2.24, 2.45) is 10.9 Å². The van der Waals surface area contributed by atoms with E-state index < -0.39 is 0 Å². The number of piperazine rings is 1. The summed E-state index contributed by atoms with van der Waals surface area (Å²) in [5.41, 5.74) is 0.268. The van der Waals surface area contributed by atoms with Crippen LogP contribution in [0.5, 0.6) is 0 Å². The van der Waals surface area contributed by atoms with Gasteiger partial charge in [-0.15, -0.1) is 24.0 Å². The van der Waals surface area contributed by atoms with Crippen LogP contribution < -0.4 is 10.6 Å². The zero-order chi connectivity index (χ0) is 21.2. The number of nitrogens with zero attached hydrogens (tertiary/aromatic N) is 4. The highest BCUT2D eigenvalue weighted by Gasteiger charge is 2.38. The van der Waals surface area contributed by atoms with Crippen LogP contribution in [-0.4, -0.2) is 112 Å². The summed E-state index contributed by atoms with van der Waals surface area (Å²) in [7, 11) is 1.90. The Kier molecular flexibility index (Phi) is 12.4. The highest BCUT2D eigenvalue weighted by atomic mass is 127. The predicted octanol–water partition coefficient (Wildman–Crippen LogP) is 2.08. The second-order valence-corrected chi connectivity index (χ2v) is 9.53. The van der Waals surface area contributed by atoms with Gasteiger partial charge in [0.2, 0.25) is 0 Å². The Bertz CT molecular complexity index is 514. The summed E-state index contributed by atoms with van der Waals surface area (Å²) in [5, 5.41) is 7.28. The van der Waals surface area contributed by atoms with Crippen molar-refractivity contribution >= 4 is 29.9 Å². The van der Waals surface area contributed by atoms with Gasteiger partial charge in [-0.2, -0.15) is 0 Å². The minimum absolute atomic E-state index is 0. The molecule has 0 aromatic heterocycles. The lowest BCUT2D eigenvalue weighted by molar-refractivity contribution is -0.0352. The van der Waals surface area contributed by atoms with Crippen LogP contribution in [0.25, 0.3) is 0 Å². The number of ether oxygens (including phenoxy) is 1. The van der Waals surface area contributed by atoms with Crippen LogP contribution >= 0.6 is 24.0 Å². The van der Waals surface area contributed by atoms with Crippen LogP contribution in [0.2, 0.25) is 0 Å². The molecule has 2 N–H and O–H groups in total. The van der Waals surface area contributed by atoms with E-state index in [0.717, 1.165) is 45.4 Å². The van der Waals surface area contributed by atoms with Gasteiger partial charge in [-0.3, -0.25) is 9.89 Å². The lowest BCUT2D eigenvalue weighted by Crippen LogP contribution is -2.60. The lowest BCUT2D eigenvalue weighted by Gasteiger charge is -2.48. The van der Waals surface area contributed by atoms with Gasteiger partial charge in [0.25, 0.3) is 0 Å². The maximum absolute atomic E-state index is 5.62. The van der Waals surface area contributed by atoms with E-state index in [9.17, 15) is 0 Å². The number of hydrogen-bond acceptors (Lipinski definition) is 5. The summed E-state index contributed by atoms with van der Waals surface area (Å²) in [4.78, 5) is 12.4. The van der Waals surface area contributed by atoms with Gasteiger partial charge in [-0.1, -0.05) is 33.1 Å². The Morgan fingerprint density at radius 1 is 0.968 bits per heavy atom. The van der Waals surface area contributed by atoms with E-state index in [1.807, 2.05) is 7.05 Å². The molecular formula is C23H47IN6O. The van der Waals surface area contributed by atoms with Crippen molar-refractivity contribution in [1.82, 2.24) is 25.3 Å². The Morgan fingerprint density at radius 2 is 1.61 bits per heavy atom. The molecule has 3 rings (SSSR count). The van der Waals surface area contributed by atoms with Crippen molar-refractivity contribution in [3.8, 4) is 0 Å². The van der Waals surface area contributed by atoms with Gasteiger partial charge in [0.15, 0.2) is 5.96 Å². The molecule has 182 valence electrons. The normalized spacial score (nSPS) is 24.9. The number of rotatable bonds is 8. The molecular weight excluding hydrogens is 503 g/mol. The molecule has 0 bridgehead atoms. The minimum atomic E-state index is 0. The van der Waals surface area contributed by atoms with E-state index >= 15 is 0 Å². The monoisotopic (exact) mass is 550 g/mol. The van der Waals surface area contributed by atoms with Gasteiger partial charge < -0.3 is 25.2 Å². The molecule has 0 spiro atoms. The minimum Gasteiger partial charge on any atom is -0.379 e. The van der Waals surface area contributed by atoms with Gasteiger partial charge in [0, 0.05) is 71.5 Å². The molecule has 2 heterocycles. The second kappa shape index (κ2) is 14.2. The molecule has 3 fully saturated rings. The summed E-state index contributed by atoms with van der Waals surface area (Å²) < 4.78 is 5.62. The molecule has 2 aliphatic heterocycles. The molecule has 3 aliphatic rings. The average molecular weight is 551 g/mol. The molecule has 0 aromatic rings. The molecule has 7 nitrogen and oxygen atoms in total. The summed E-state index contributed by atoms with van der Waals surface area (Å²) in [6, 6.07) is 0. The SMILES string of the molecule is CCN1CCN(CC(C)CNC(=NC)NCC2(N3CCOCC3)CCCCC2)CC1.I. The predicted molar refractivity (Wildman–Crippen MR) is 141 cm³/mol. The van der Waals surface area contributed by atoms with Crippen molar-refractivity contribution < 1.29 is 4.74 Å². The quantitative estimate of drug-likeness (QED) is 0.274. The van der Waals surface area contributed by atoms with Crippen molar-refractivity contribution in [3.63, 3.8) is 0 Å². The fraction of sp³-hybridized carbons (Fsp3) is 0.957. The number of aliphatic imine (C=N–C) groups is 1. The molecule has 1 atom stereocenters. The third-order valence-electron chi connectivity index (χ3n) is 7.37. The number of morpholine rings is 1. The summed E-state index contributed by atoms with van der Waals surface area (Å²) in [5.74, 6) is 1.57. The van der Waals surface area contributed by atoms with Crippen LogP contribution in [-0.2, 0) is 4.74 Å². The zero-order valence-electron chi connectivity index (χ0n) is 20.2. The first-order valence-corrected chi connectivity index (χ1v) is 12.4. The summed E-state index contributed by atoms with van der Waals surface area (Å²) >= 11 is 0. The van der Waals surface area contributed by atoms with Crippen LogP contribution in [0.3, 0.4) is 0 Å². The number of guanidine groups is 1. The van der Waals surface area contributed by atoms with Crippen LogP contribution in [0.15, 0.2) is 4.99 Å². The molecule has 2 saturated heterocycles. The first kappa shape index (κ1) is 27.1. The van der Waals surface area contributed by atoms with Crippen molar-refractivity contribution in [2.75, 3.05) is 85.7 Å². The van der Waals surface area contributed by atoms with E-state index in [1.54, 1.807) is 0 Å². The van der Waals surface area contributed by atoms with Crippen molar-refractivity contribution in [2.45, 2.75) is 51.5 Å². The fourth-order valence-electron chi connectivity index (χ4n) is 5.39. The smallest absolute Gasteiger partial charge is 0.191 e. The third kappa shape index (κ3) is 8.28. The number of likely N-dealkylation sites (N-methyl/N-ethyl adjacent to an activating group) is 1. The standard InChI is InChI=1S/C23H46N6O.HI/c1-4-27-10-12-28(13-11-27)19-21(2)18-25-22(24-3)26-20-23(8-6-5-7-9-23)29-14-16-30-17-15-29;/h21H,4-20H2,1-3H3,(H2,24,25,26);1H. The number of nitrogens with one attached hydrogen (secondary N) is 2.